The number of likely N-dealkylation sites (tertiary alicyclic amines) is 1. The lowest BCUT2D eigenvalue weighted by Gasteiger charge is -2.46. The van der Waals surface area contributed by atoms with Crippen LogP contribution in [0, 0.1) is 11.3 Å². The van der Waals surface area contributed by atoms with Crippen LogP contribution in [0.4, 0.5) is 4.79 Å². The number of carbonyl (C=O) groups is 3. The maximum atomic E-state index is 12.8. The molecule has 2 amide bonds. The molecule has 0 spiro atoms. The molecule has 34 heavy (non-hydrogen) atoms. The second kappa shape index (κ2) is 8.78. The van der Waals surface area contributed by atoms with Crippen LogP contribution in [0.2, 0.25) is 0 Å². The van der Waals surface area contributed by atoms with Gasteiger partial charge in [0.05, 0.1) is 5.41 Å². The summed E-state index contributed by atoms with van der Waals surface area (Å²) in [4.78, 5) is 38.4. The van der Waals surface area contributed by atoms with Crippen LogP contribution in [0.5, 0.6) is 0 Å². The van der Waals surface area contributed by atoms with E-state index < -0.39 is 17.5 Å². The fraction of sp³-hybridized carbons (Fsp3) is 0.444. The van der Waals surface area contributed by atoms with Crippen molar-refractivity contribution in [2.24, 2.45) is 11.3 Å². The van der Waals surface area contributed by atoms with E-state index >= 15 is 0 Å². The topological polar surface area (TPSA) is 95.9 Å². The quantitative estimate of drug-likeness (QED) is 0.700. The van der Waals surface area contributed by atoms with Gasteiger partial charge in [0.1, 0.15) is 6.61 Å². The first-order valence-corrected chi connectivity index (χ1v) is 12.0. The van der Waals surface area contributed by atoms with Gasteiger partial charge in [-0.2, -0.15) is 0 Å². The molecule has 3 aliphatic rings. The number of carboxylic acid groups (broad SMARTS) is 1. The van der Waals surface area contributed by atoms with Gasteiger partial charge < -0.3 is 20.1 Å². The molecule has 178 valence electrons. The van der Waals surface area contributed by atoms with Gasteiger partial charge in [-0.1, -0.05) is 55.0 Å². The molecule has 1 saturated carbocycles. The van der Waals surface area contributed by atoms with Crippen molar-refractivity contribution in [1.82, 2.24) is 10.2 Å². The third-order valence-corrected chi connectivity index (χ3v) is 7.60. The number of carboxylic acids is 1. The number of nitrogens with zero attached hydrogens (tertiary/aromatic N) is 1. The molecule has 2 atom stereocenters. The third kappa shape index (κ3) is 4.04. The summed E-state index contributed by atoms with van der Waals surface area (Å²) in [5, 5.41) is 12.2. The zero-order chi connectivity index (χ0) is 23.9. The first kappa shape index (κ1) is 22.4. The molecule has 2 N–H and O–H groups in total. The molecule has 5 rings (SSSR count). The monoisotopic (exact) mass is 462 g/mol. The number of carbonyl (C=O) groups excluding carboxylic acids is 2. The lowest BCUT2D eigenvalue weighted by atomic mass is 9.79. The number of ether oxygens (including phenoxy) is 1. The van der Waals surface area contributed by atoms with Crippen LogP contribution in [0.3, 0.4) is 0 Å². The first-order chi connectivity index (χ1) is 16.4. The number of hydrogen-bond donors (Lipinski definition) is 2. The number of fused-ring (bicyclic) bond motifs is 3. The summed E-state index contributed by atoms with van der Waals surface area (Å²) in [6.45, 7) is 2.43. The van der Waals surface area contributed by atoms with Gasteiger partial charge in [-0.25, -0.2) is 4.79 Å². The molecule has 0 bridgehead atoms. The van der Waals surface area contributed by atoms with Crippen molar-refractivity contribution in [2.45, 2.75) is 44.6 Å². The van der Waals surface area contributed by atoms with Crippen LogP contribution in [-0.4, -0.2) is 53.7 Å². The van der Waals surface area contributed by atoms with Gasteiger partial charge in [0, 0.05) is 31.0 Å². The molecule has 2 aromatic carbocycles. The summed E-state index contributed by atoms with van der Waals surface area (Å²) < 4.78 is 5.66. The maximum absolute atomic E-state index is 12.8. The van der Waals surface area contributed by atoms with Gasteiger partial charge in [0.2, 0.25) is 5.91 Å². The number of hydrogen-bond acceptors (Lipinski definition) is 4. The summed E-state index contributed by atoms with van der Waals surface area (Å²) in [7, 11) is 0. The highest BCUT2D eigenvalue weighted by Crippen LogP contribution is 2.44. The van der Waals surface area contributed by atoms with E-state index in [0.29, 0.717) is 6.42 Å². The third-order valence-electron chi connectivity index (χ3n) is 7.60. The van der Waals surface area contributed by atoms with Gasteiger partial charge in [-0.15, -0.1) is 0 Å². The SMILES string of the molecule is CC1(C(=O)O)CN(C(=O)[C@H]2CCC[C@@H](NC(=O)OCC3c4ccccc4-c4ccccc43)C2)C1. The predicted molar refractivity (Wildman–Crippen MR) is 126 cm³/mol. The molecular formula is C27H30N2O5. The van der Waals surface area contributed by atoms with Crippen LogP contribution in [0.25, 0.3) is 11.1 Å². The van der Waals surface area contributed by atoms with Crippen molar-refractivity contribution in [3.63, 3.8) is 0 Å². The highest BCUT2D eigenvalue weighted by atomic mass is 16.5. The summed E-state index contributed by atoms with van der Waals surface area (Å²) in [5.74, 6) is -1.05. The molecular weight excluding hydrogens is 432 g/mol. The van der Waals surface area contributed by atoms with E-state index in [1.54, 1.807) is 11.8 Å². The van der Waals surface area contributed by atoms with E-state index in [4.69, 9.17) is 4.74 Å². The van der Waals surface area contributed by atoms with Crippen molar-refractivity contribution in [2.75, 3.05) is 19.7 Å². The van der Waals surface area contributed by atoms with E-state index in [1.165, 1.54) is 22.3 Å². The Balaban J connectivity index is 1.15. The fourth-order valence-electron chi connectivity index (χ4n) is 5.70. The minimum Gasteiger partial charge on any atom is -0.481 e. The molecule has 2 aliphatic carbocycles. The Morgan fingerprint density at radius 2 is 1.65 bits per heavy atom. The van der Waals surface area contributed by atoms with Crippen LogP contribution in [0.1, 0.15) is 49.7 Å². The van der Waals surface area contributed by atoms with E-state index in [9.17, 15) is 19.5 Å². The minimum absolute atomic E-state index is 0.00207. The fourth-order valence-corrected chi connectivity index (χ4v) is 5.70. The Labute approximate surface area is 199 Å². The van der Waals surface area contributed by atoms with Crippen molar-refractivity contribution in [3.05, 3.63) is 59.7 Å². The maximum Gasteiger partial charge on any atom is 0.407 e. The number of aliphatic carboxylic acids is 1. The van der Waals surface area contributed by atoms with Gasteiger partial charge in [0.15, 0.2) is 0 Å². The molecule has 1 aliphatic heterocycles. The molecule has 0 unspecified atom stereocenters. The second-order valence-corrected chi connectivity index (χ2v) is 10.1. The second-order valence-electron chi connectivity index (χ2n) is 10.1. The van der Waals surface area contributed by atoms with Gasteiger partial charge in [-0.3, -0.25) is 9.59 Å². The van der Waals surface area contributed by atoms with Crippen LogP contribution < -0.4 is 5.32 Å². The van der Waals surface area contributed by atoms with E-state index in [0.717, 1.165) is 19.3 Å². The average Bonchev–Trinajstić information content (AvgIpc) is 3.14. The zero-order valence-electron chi connectivity index (χ0n) is 19.3. The first-order valence-electron chi connectivity index (χ1n) is 12.0. The molecule has 7 nitrogen and oxygen atoms in total. The van der Waals surface area contributed by atoms with Gasteiger partial charge in [0.25, 0.3) is 0 Å². The van der Waals surface area contributed by atoms with E-state index in [1.807, 2.05) is 24.3 Å². The van der Waals surface area contributed by atoms with Crippen LogP contribution in [0.15, 0.2) is 48.5 Å². The van der Waals surface area contributed by atoms with Crippen LogP contribution in [-0.2, 0) is 14.3 Å². The Hall–Kier alpha value is -3.35. The van der Waals surface area contributed by atoms with E-state index in [2.05, 4.69) is 29.6 Å². The van der Waals surface area contributed by atoms with E-state index in [-0.39, 0.29) is 43.5 Å². The summed E-state index contributed by atoms with van der Waals surface area (Å²) >= 11 is 0. The Bertz CT molecular complexity index is 1080. The molecule has 1 saturated heterocycles. The molecule has 1 heterocycles. The van der Waals surface area contributed by atoms with Gasteiger partial charge in [-0.05, 0) is 48.4 Å². The molecule has 7 heteroatoms. The molecule has 2 fully saturated rings. The largest absolute Gasteiger partial charge is 0.481 e. The minimum atomic E-state index is -0.866. The summed E-state index contributed by atoms with van der Waals surface area (Å²) in [5.41, 5.74) is 3.87. The summed E-state index contributed by atoms with van der Waals surface area (Å²) in [6.07, 6.45) is 2.52. The van der Waals surface area contributed by atoms with Gasteiger partial charge >= 0.3 is 12.1 Å². The van der Waals surface area contributed by atoms with Crippen molar-refractivity contribution < 1.29 is 24.2 Å². The van der Waals surface area contributed by atoms with Crippen LogP contribution >= 0.6 is 0 Å². The average molecular weight is 463 g/mol. The van der Waals surface area contributed by atoms with Crippen molar-refractivity contribution >= 4 is 18.0 Å². The number of rotatable bonds is 5. The highest BCUT2D eigenvalue weighted by molar-refractivity contribution is 5.84. The lowest BCUT2D eigenvalue weighted by molar-refractivity contribution is -0.166. The Kier molecular flexibility index (Phi) is 5.80. The normalized spacial score (nSPS) is 22.8. The zero-order valence-corrected chi connectivity index (χ0v) is 19.3. The molecule has 0 aromatic heterocycles. The Morgan fingerprint density at radius 1 is 1.03 bits per heavy atom. The lowest BCUT2D eigenvalue weighted by Crippen LogP contribution is -2.62. The number of nitrogens with one attached hydrogen (secondary N) is 1. The standard InChI is InChI=1S/C27H30N2O5/c1-27(25(31)32)15-29(16-27)24(30)17-7-6-8-18(13-17)28-26(33)34-14-23-21-11-4-2-9-19(21)20-10-3-5-12-22(20)23/h2-5,9-12,17-18,23H,6-8,13-16H2,1H3,(H,28,33)(H,31,32)/t17-,18+/m0/s1. The summed E-state index contributed by atoms with van der Waals surface area (Å²) in [6, 6.07) is 16.3. The number of benzene rings is 2. The number of alkyl carbamates (subject to hydrolysis) is 1. The van der Waals surface area contributed by atoms with Crippen molar-refractivity contribution in [1.29, 1.82) is 0 Å². The van der Waals surface area contributed by atoms with Crippen molar-refractivity contribution in [3.8, 4) is 11.1 Å². The Morgan fingerprint density at radius 3 is 2.26 bits per heavy atom. The molecule has 2 aromatic rings. The smallest absolute Gasteiger partial charge is 0.407 e. The molecule has 0 radical (unpaired) electrons. The number of amides is 2. The highest BCUT2D eigenvalue weighted by Gasteiger charge is 2.48. The predicted octanol–water partition coefficient (Wildman–Crippen LogP) is 4.02.